The van der Waals surface area contributed by atoms with Crippen molar-refractivity contribution in [3.05, 3.63) is 53.6 Å². The fourth-order valence-electron chi connectivity index (χ4n) is 1.81. The van der Waals surface area contributed by atoms with Crippen molar-refractivity contribution in [2.24, 2.45) is 5.10 Å². The maximum absolute atomic E-state index is 10.9. The molecule has 0 radical (unpaired) electrons. The second-order valence-electron chi connectivity index (χ2n) is 4.63. The van der Waals surface area contributed by atoms with Crippen LogP contribution in [0.3, 0.4) is 0 Å². The Bertz CT molecular complexity index is 793. The van der Waals surface area contributed by atoms with Gasteiger partial charge in [-0.15, -0.1) is 0 Å². The first-order valence-electron chi connectivity index (χ1n) is 6.80. The molecular weight excluding hydrogens is 330 g/mol. The van der Waals surface area contributed by atoms with Crippen LogP contribution in [0.25, 0.3) is 0 Å². The zero-order valence-corrected chi connectivity index (χ0v) is 13.5. The van der Waals surface area contributed by atoms with Crippen molar-refractivity contribution < 1.29 is 19.7 Å². The van der Waals surface area contributed by atoms with Gasteiger partial charge in [0, 0.05) is 11.3 Å². The Morgan fingerprint density at radius 2 is 2.08 bits per heavy atom. The Labute approximate surface area is 143 Å². The van der Waals surface area contributed by atoms with Gasteiger partial charge >= 0.3 is 5.97 Å². The predicted octanol–water partition coefficient (Wildman–Crippen LogP) is 2.42. The Kier molecular flexibility index (Phi) is 5.69. The molecule has 0 saturated carbocycles. The normalized spacial score (nSPS) is 10.4. The zero-order chi connectivity index (χ0) is 17.5. The van der Waals surface area contributed by atoms with Crippen molar-refractivity contribution >= 4 is 35.2 Å². The average Bonchev–Trinajstić information content (AvgIpc) is 2.56. The minimum Gasteiger partial charge on any atom is -0.507 e. The number of carboxylic acids is 1. The topological polar surface area (TPSA) is 103 Å². The van der Waals surface area contributed by atoms with Crippen LogP contribution >= 0.6 is 12.2 Å². The summed E-state index contributed by atoms with van der Waals surface area (Å²) in [6.07, 6.45) is 1.39. The van der Waals surface area contributed by atoms with Gasteiger partial charge in [-0.05, 0) is 48.6 Å². The van der Waals surface area contributed by atoms with Crippen molar-refractivity contribution in [3.8, 4) is 11.5 Å². The van der Waals surface area contributed by atoms with Crippen LogP contribution in [-0.4, -0.2) is 34.6 Å². The van der Waals surface area contributed by atoms with Gasteiger partial charge in [0.25, 0.3) is 0 Å². The second-order valence-corrected chi connectivity index (χ2v) is 5.04. The van der Waals surface area contributed by atoms with Crippen LogP contribution < -0.4 is 15.5 Å². The fraction of sp³-hybridized carbons (Fsp3) is 0.0625. The molecule has 0 saturated heterocycles. The lowest BCUT2D eigenvalue weighted by atomic mass is 10.2. The number of thiocarbonyl (C=S) groups is 1. The number of aromatic carboxylic acids is 1. The van der Waals surface area contributed by atoms with Crippen LogP contribution in [0, 0.1) is 0 Å². The van der Waals surface area contributed by atoms with E-state index in [1.54, 1.807) is 24.3 Å². The molecule has 0 spiro atoms. The van der Waals surface area contributed by atoms with Crippen molar-refractivity contribution in [3.63, 3.8) is 0 Å². The summed E-state index contributed by atoms with van der Waals surface area (Å²) < 4.78 is 5.07. The average molecular weight is 345 g/mol. The van der Waals surface area contributed by atoms with E-state index in [0.717, 1.165) is 0 Å². The minimum atomic E-state index is -1.02. The van der Waals surface area contributed by atoms with Crippen molar-refractivity contribution in [1.82, 2.24) is 5.43 Å². The highest BCUT2D eigenvalue weighted by molar-refractivity contribution is 7.80. The molecule has 0 aliphatic carbocycles. The number of phenols is 1. The molecule has 0 bridgehead atoms. The summed E-state index contributed by atoms with van der Waals surface area (Å²) in [6.45, 7) is 0. The third-order valence-electron chi connectivity index (χ3n) is 2.97. The number of phenolic OH excluding ortho intramolecular Hbond substituents is 1. The SMILES string of the molecule is COc1ccc(O)c(/C=N\NC(=S)Nc2cccc(C(=O)O)c2)c1. The van der Waals surface area contributed by atoms with Gasteiger partial charge in [0.15, 0.2) is 5.11 Å². The number of rotatable bonds is 5. The number of methoxy groups -OCH3 is 1. The summed E-state index contributed by atoms with van der Waals surface area (Å²) in [5, 5.41) is 25.6. The molecule has 124 valence electrons. The van der Waals surface area contributed by atoms with E-state index in [9.17, 15) is 9.90 Å². The van der Waals surface area contributed by atoms with Gasteiger partial charge in [-0.1, -0.05) is 6.07 Å². The van der Waals surface area contributed by atoms with Crippen LogP contribution in [-0.2, 0) is 0 Å². The molecule has 0 aliphatic rings. The van der Waals surface area contributed by atoms with E-state index < -0.39 is 5.97 Å². The molecular formula is C16H15N3O4S. The molecule has 0 aromatic heterocycles. The van der Waals surface area contributed by atoms with Gasteiger partial charge in [0.1, 0.15) is 11.5 Å². The lowest BCUT2D eigenvalue weighted by molar-refractivity contribution is 0.0697. The van der Waals surface area contributed by atoms with Crippen LogP contribution in [0.5, 0.6) is 11.5 Å². The van der Waals surface area contributed by atoms with Crippen LogP contribution in [0.1, 0.15) is 15.9 Å². The van der Waals surface area contributed by atoms with Crippen molar-refractivity contribution in [2.75, 3.05) is 12.4 Å². The van der Waals surface area contributed by atoms with Crippen molar-refractivity contribution in [1.29, 1.82) is 0 Å². The van der Waals surface area contributed by atoms with Gasteiger partial charge in [0.2, 0.25) is 0 Å². The molecule has 0 amide bonds. The molecule has 0 fully saturated rings. The number of ether oxygens (including phenoxy) is 1. The number of nitrogens with one attached hydrogen (secondary N) is 2. The standard InChI is InChI=1S/C16H15N3O4S/c1-23-13-5-6-14(20)11(8-13)9-17-19-16(24)18-12-4-2-3-10(7-12)15(21)22/h2-9,20H,1H3,(H,21,22)(H2,18,19,24)/b17-9-. The summed E-state index contributed by atoms with van der Waals surface area (Å²) >= 11 is 5.07. The Morgan fingerprint density at radius 1 is 1.29 bits per heavy atom. The molecule has 0 unspecified atom stereocenters. The Hall–Kier alpha value is -3.13. The fourth-order valence-corrected chi connectivity index (χ4v) is 1.98. The van der Waals surface area contributed by atoms with E-state index in [1.807, 2.05) is 0 Å². The summed E-state index contributed by atoms with van der Waals surface area (Å²) in [7, 11) is 1.52. The van der Waals surface area contributed by atoms with Gasteiger partial charge in [-0.3, -0.25) is 5.43 Å². The second kappa shape index (κ2) is 7.93. The van der Waals surface area contributed by atoms with E-state index in [4.69, 9.17) is 22.1 Å². The summed E-state index contributed by atoms with van der Waals surface area (Å²) in [6, 6.07) is 11.0. The maximum atomic E-state index is 10.9. The molecule has 4 N–H and O–H groups in total. The summed E-state index contributed by atoms with van der Waals surface area (Å²) in [4.78, 5) is 10.9. The summed E-state index contributed by atoms with van der Waals surface area (Å²) in [5.74, 6) is -0.390. The highest BCUT2D eigenvalue weighted by Gasteiger charge is 2.04. The monoisotopic (exact) mass is 345 g/mol. The van der Waals surface area contributed by atoms with Crippen LogP contribution in [0.2, 0.25) is 0 Å². The quantitative estimate of drug-likeness (QED) is 0.375. The smallest absolute Gasteiger partial charge is 0.335 e. The number of carbonyl (C=O) groups is 1. The van der Waals surface area contributed by atoms with Gasteiger partial charge < -0.3 is 20.3 Å². The third kappa shape index (κ3) is 4.68. The van der Waals surface area contributed by atoms with Gasteiger partial charge in [-0.2, -0.15) is 5.10 Å². The Morgan fingerprint density at radius 3 is 2.79 bits per heavy atom. The largest absolute Gasteiger partial charge is 0.507 e. The van der Waals surface area contributed by atoms with E-state index in [2.05, 4.69) is 15.8 Å². The van der Waals surface area contributed by atoms with Crippen LogP contribution in [0.4, 0.5) is 5.69 Å². The molecule has 2 aromatic rings. The molecule has 8 heteroatoms. The number of hydrogen-bond acceptors (Lipinski definition) is 5. The number of carboxylic acid groups (broad SMARTS) is 1. The molecule has 2 rings (SSSR count). The lowest BCUT2D eigenvalue weighted by Crippen LogP contribution is -2.24. The highest BCUT2D eigenvalue weighted by Crippen LogP contribution is 2.20. The van der Waals surface area contributed by atoms with E-state index in [0.29, 0.717) is 17.0 Å². The lowest BCUT2D eigenvalue weighted by Gasteiger charge is -2.08. The molecule has 7 nitrogen and oxygen atoms in total. The van der Waals surface area contributed by atoms with Gasteiger partial charge in [0.05, 0.1) is 18.9 Å². The number of hydrogen-bond donors (Lipinski definition) is 4. The first-order valence-corrected chi connectivity index (χ1v) is 7.21. The zero-order valence-electron chi connectivity index (χ0n) is 12.7. The molecule has 0 atom stereocenters. The molecule has 24 heavy (non-hydrogen) atoms. The number of anilines is 1. The minimum absolute atomic E-state index is 0.0504. The molecule has 0 heterocycles. The molecule has 0 aliphatic heterocycles. The summed E-state index contributed by atoms with van der Waals surface area (Å²) in [5.41, 5.74) is 3.71. The first-order chi connectivity index (χ1) is 11.5. The van der Waals surface area contributed by atoms with Gasteiger partial charge in [-0.25, -0.2) is 4.79 Å². The van der Waals surface area contributed by atoms with Crippen molar-refractivity contribution in [2.45, 2.75) is 0 Å². The van der Waals surface area contributed by atoms with E-state index >= 15 is 0 Å². The Balaban J connectivity index is 1.98. The molecule has 2 aromatic carbocycles. The third-order valence-corrected chi connectivity index (χ3v) is 3.17. The number of nitrogens with zero attached hydrogens (tertiary/aromatic N) is 1. The van der Waals surface area contributed by atoms with Crippen LogP contribution in [0.15, 0.2) is 47.6 Å². The van der Waals surface area contributed by atoms with E-state index in [-0.39, 0.29) is 16.4 Å². The highest BCUT2D eigenvalue weighted by atomic mass is 32.1. The number of hydrazone groups is 1. The van der Waals surface area contributed by atoms with E-state index in [1.165, 1.54) is 31.5 Å². The first kappa shape index (κ1) is 17.2. The maximum Gasteiger partial charge on any atom is 0.335 e. The number of aromatic hydroxyl groups is 1. The predicted molar refractivity (Wildman–Crippen MR) is 95.0 cm³/mol. The number of benzene rings is 2.